The van der Waals surface area contributed by atoms with Crippen LogP contribution in [0, 0.1) is 0 Å². The Balaban J connectivity index is 2.67. The van der Waals surface area contributed by atoms with Crippen LogP contribution in [0.5, 0.6) is 0 Å². The molecule has 0 spiro atoms. The Hall–Kier alpha value is 0.314. The van der Waals surface area contributed by atoms with Gasteiger partial charge < -0.3 is 13.0 Å². The molecule has 1 atom stereocenters. The molecule has 3 nitrogen and oxygen atoms in total. The van der Waals surface area contributed by atoms with Gasteiger partial charge in [0.25, 0.3) is 0 Å². The van der Waals surface area contributed by atoms with E-state index >= 15 is 0 Å². The van der Waals surface area contributed by atoms with Crippen molar-refractivity contribution in [3.63, 3.8) is 0 Å². The third-order valence-electron chi connectivity index (χ3n) is 3.69. The van der Waals surface area contributed by atoms with Gasteiger partial charge in [-0.1, -0.05) is 19.3 Å². The molecule has 0 aliphatic heterocycles. The maximum absolute atomic E-state index is 6.30. The fourth-order valence-electron chi connectivity index (χ4n) is 2.45. The molecule has 0 heterocycles. The minimum atomic E-state index is -2.04. The van der Waals surface area contributed by atoms with Crippen molar-refractivity contribution in [2.75, 3.05) is 14.2 Å². The van der Waals surface area contributed by atoms with Crippen LogP contribution in [0.4, 0.5) is 0 Å². The molecule has 5 heteroatoms. The highest BCUT2D eigenvalue weighted by Crippen LogP contribution is 2.39. The highest BCUT2D eigenvalue weighted by atomic mass is 28.5. The largest absolute Gasteiger partial charge is 0.415 e. The van der Waals surface area contributed by atoms with Crippen LogP contribution in [-0.4, -0.2) is 31.3 Å². The summed E-state index contributed by atoms with van der Waals surface area (Å²) in [4.78, 5) is 0. The van der Waals surface area contributed by atoms with E-state index in [0.717, 1.165) is 0 Å². The van der Waals surface area contributed by atoms with Crippen LogP contribution in [-0.2, 0) is 13.0 Å². The van der Waals surface area contributed by atoms with Crippen molar-refractivity contribution in [1.82, 2.24) is 0 Å². The fraction of sp³-hybridized carbons (Fsp3) is 1.00. The smallest absolute Gasteiger partial charge is 0.329 e. The molecule has 16 heavy (non-hydrogen) atoms. The lowest BCUT2D eigenvalue weighted by Gasteiger charge is -2.40. The summed E-state index contributed by atoms with van der Waals surface area (Å²) in [5, 5.41) is 0. The second-order valence-electron chi connectivity index (χ2n) is 5.26. The maximum Gasteiger partial charge on any atom is 0.329 e. The quantitative estimate of drug-likeness (QED) is 0.711. The third kappa shape index (κ3) is 3.66. The first-order valence-corrected chi connectivity index (χ1v) is 11.4. The molecular weight excluding hydrogens is 236 g/mol. The summed E-state index contributed by atoms with van der Waals surface area (Å²) in [5.74, 6) is 0. The highest BCUT2D eigenvalue weighted by Gasteiger charge is 2.45. The summed E-state index contributed by atoms with van der Waals surface area (Å²) in [6.45, 7) is 6.40. The van der Waals surface area contributed by atoms with Crippen molar-refractivity contribution in [2.45, 2.75) is 57.3 Å². The van der Waals surface area contributed by atoms with E-state index in [-0.39, 0.29) is 0 Å². The molecule has 0 radical (unpaired) electrons. The Labute approximate surface area is 102 Å². The second-order valence-corrected chi connectivity index (χ2v) is 12.5. The van der Waals surface area contributed by atoms with Crippen LogP contribution in [0.1, 0.15) is 32.1 Å². The summed E-state index contributed by atoms with van der Waals surface area (Å²) in [5.41, 5.74) is 0.646. The van der Waals surface area contributed by atoms with Gasteiger partial charge in [0.15, 0.2) is 0 Å². The highest BCUT2D eigenvalue weighted by molar-refractivity contribution is 6.80. The molecule has 0 aromatic carbocycles. The van der Waals surface area contributed by atoms with Gasteiger partial charge in [0.05, 0.1) is 0 Å². The van der Waals surface area contributed by atoms with Crippen LogP contribution in [0.2, 0.25) is 25.2 Å². The standard InChI is InChI=1S/C11H26O3Si2/c1-12-15(3,4)14-16(5,13-2)11-9-7-6-8-10-11/h11H,6-10H2,1-5H3. The van der Waals surface area contributed by atoms with Gasteiger partial charge in [-0.3, -0.25) is 0 Å². The predicted octanol–water partition coefficient (Wildman–Crippen LogP) is 3.40. The van der Waals surface area contributed by atoms with Crippen molar-refractivity contribution < 1.29 is 13.0 Å². The summed E-state index contributed by atoms with van der Waals surface area (Å²) in [6.07, 6.45) is 6.56. The Morgan fingerprint density at radius 2 is 1.44 bits per heavy atom. The minimum absolute atomic E-state index is 0.646. The second kappa shape index (κ2) is 5.77. The van der Waals surface area contributed by atoms with Gasteiger partial charge in [-0.25, -0.2) is 0 Å². The first kappa shape index (κ1) is 14.4. The van der Waals surface area contributed by atoms with Gasteiger partial charge in [-0.15, -0.1) is 0 Å². The van der Waals surface area contributed by atoms with Crippen molar-refractivity contribution in [2.24, 2.45) is 0 Å². The van der Waals surface area contributed by atoms with E-state index in [1.54, 1.807) is 14.2 Å². The SMILES string of the molecule is CO[Si](C)(C)O[Si](C)(OC)C1CCCCC1. The van der Waals surface area contributed by atoms with E-state index in [0.29, 0.717) is 5.54 Å². The average Bonchev–Trinajstić information content (AvgIpc) is 2.29. The predicted molar refractivity (Wildman–Crippen MR) is 71.0 cm³/mol. The van der Waals surface area contributed by atoms with Crippen molar-refractivity contribution in [3.05, 3.63) is 0 Å². The van der Waals surface area contributed by atoms with E-state index in [1.807, 2.05) is 0 Å². The monoisotopic (exact) mass is 262 g/mol. The lowest BCUT2D eigenvalue weighted by molar-refractivity contribution is 0.227. The van der Waals surface area contributed by atoms with Gasteiger partial charge in [0.2, 0.25) is 0 Å². The maximum atomic E-state index is 6.30. The molecular formula is C11H26O3Si2. The Morgan fingerprint density at radius 1 is 0.875 bits per heavy atom. The first-order valence-electron chi connectivity index (χ1n) is 6.24. The zero-order valence-electron chi connectivity index (χ0n) is 11.3. The number of hydrogen-bond donors (Lipinski definition) is 0. The van der Waals surface area contributed by atoms with E-state index in [4.69, 9.17) is 13.0 Å². The molecule has 0 N–H and O–H groups in total. The fourth-order valence-corrected chi connectivity index (χ4v) is 9.48. The minimum Gasteiger partial charge on any atom is -0.415 e. The normalized spacial score (nSPS) is 23.1. The zero-order valence-corrected chi connectivity index (χ0v) is 13.3. The lowest BCUT2D eigenvalue weighted by atomic mass is 10.0. The van der Waals surface area contributed by atoms with E-state index < -0.39 is 17.1 Å². The first-order chi connectivity index (χ1) is 7.43. The van der Waals surface area contributed by atoms with Crippen molar-refractivity contribution >= 4 is 17.1 Å². The van der Waals surface area contributed by atoms with E-state index in [2.05, 4.69) is 19.6 Å². The van der Waals surface area contributed by atoms with Gasteiger partial charge in [-0.05, 0) is 32.5 Å². The molecule has 1 rings (SSSR count). The molecule has 1 fully saturated rings. The topological polar surface area (TPSA) is 27.7 Å². The molecule has 1 aliphatic rings. The van der Waals surface area contributed by atoms with Crippen LogP contribution in [0.25, 0.3) is 0 Å². The number of hydrogen-bond acceptors (Lipinski definition) is 3. The molecule has 1 saturated carbocycles. The van der Waals surface area contributed by atoms with Gasteiger partial charge >= 0.3 is 17.1 Å². The third-order valence-corrected chi connectivity index (χ3v) is 11.1. The van der Waals surface area contributed by atoms with Gasteiger partial charge in [0.1, 0.15) is 0 Å². The molecule has 0 amide bonds. The van der Waals surface area contributed by atoms with Gasteiger partial charge in [0, 0.05) is 19.8 Å². The molecule has 0 aromatic heterocycles. The summed E-state index contributed by atoms with van der Waals surface area (Å²) < 4.78 is 17.6. The van der Waals surface area contributed by atoms with Crippen LogP contribution in [0.15, 0.2) is 0 Å². The molecule has 0 aromatic rings. The molecule has 1 aliphatic carbocycles. The Bertz CT molecular complexity index is 217. The van der Waals surface area contributed by atoms with Gasteiger partial charge in [-0.2, -0.15) is 0 Å². The molecule has 1 unspecified atom stereocenters. The summed E-state index contributed by atoms with van der Waals surface area (Å²) in [6, 6.07) is 0. The zero-order chi connectivity index (χ0) is 12.2. The van der Waals surface area contributed by atoms with E-state index in [9.17, 15) is 0 Å². The van der Waals surface area contributed by atoms with Crippen LogP contribution < -0.4 is 0 Å². The summed E-state index contributed by atoms with van der Waals surface area (Å²) in [7, 11) is -0.469. The molecule has 96 valence electrons. The van der Waals surface area contributed by atoms with Crippen LogP contribution in [0.3, 0.4) is 0 Å². The Morgan fingerprint density at radius 3 is 1.88 bits per heavy atom. The molecule has 0 bridgehead atoms. The number of rotatable bonds is 5. The van der Waals surface area contributed by atoms with Crippen LogP contribution >= 0.6 is 0 Å². The van der Waals surface area contributed by atoms with Crippen molar-refractivity contribution in [3.8, 4) is 0 Å². The molecule has 0 saturated heterocycles. The summed E-state index contributed by atoms with van der Waals surface area (Å²) >= 11 is 0. The Kier molecular flexibility index (Phi) is 5.19. The van der Waals surface area contributed by atoms with Crippen molar-refractivity contribution in [1.29, 1.82) is 0 Å². The average molecular weight is 262 g/mol. The lowest BCUT2D eigenvalue weighted by Crippen LogP contribution is -2.52. The van der Waals surface area contributed by atoms with E-state index in [1.165, 1.54) is 32.1 Å².